The van der Waals surface area contributed by atoms with Crippen molar-refractivity contribution in [1.82, 2.24) is 14.5 Å². The third-order valence-electron chi connectivity index (χ3n) is 5.67. The van der Waals surface area contributed by atoms with Gasteiger partial charge in [0.25, 0.3) is 11.5 Å². The molecule has 0 radical (unpaired) electrons. The van der Waals surface area contributed by atoms with Crippen LogP contribution in [0.3, 0.4) is 0 Å². The lowest BCUT2D eigenvalue weighted by molar-refractivity contribution is 0.0302. The van der Waals surface area contributed by atoms with Gasteiger partial charge >= 0.3 is 0 Å². The number of morpholine rings is 1. The normalized spacial score (nSPS) is 13.5. The monoisotopic (exact) mass is 463 g/mol. The van der Waals surface area contributed by atoms with Gasteiger partial charge in [0.15, 0.2) is 0 Å². The van der Waals surface area contributed by atoms with E-state index in [1.807, 2.05) is 0 Å². The van der Waals surface area contributed by atoms with E-state index in [0.717, 1.165) is 0 Å². The van der Waals surface area contributed by atoms with Gasteiger partial charge in [0.2, 0.25) is 5.91 Å². The molecule has 34 heavy (non-hydrogen) atoms. The Bertz CT molecular complexity index is 1280. The van der Waals surface area contributed by atoms with Crippen molar-refractivity contribution in [1.29, 1.82) is 0 Å². The number of anilines is 2. The molecule has 0 aliphatic carbocycles. The topological polar surface area (TPSA) is 140 Å². The summed E-state index contributed by atoms with van der Waals surface area (Å²) < 4.78 is 6.67. The highest BCUT2D eigenvalue weighted by Crippen LogP contribution is 2.28. The first-order valence-corrected chi connectivity index (χ1v) is 10.7. The molecule has 1 aromatic carbocycles. The van der Waals surface area contributed by atoms with E-state index in [1.54, 1.807) is 54.5 Å². The number of aryl methyl sites for hydroxylation is 1. The Morgan fingerprint density at radius 3 is 2.62 bits per heavy atom. The van der Waals surface area contributed by atoms with Crippen LogP contribution in [0, 0.1) is 0 Å². The van der Waals surface area contributed by atoms with Gasteiger partial charge in [-0.2, -0.15) is 0 Å². The number of carbonyl (C=O) groups is 2. The fourth-order valence-corrected chi connectivity index (χ4v) is 3.89. The summed E-state index contributed by atoms with van der Waals surface area (Å²) in [5.41, 5.74) is 7.62. The number of benzene rings is 1. The minimum absolute atomic E-state index is 0.119. The van der Waals surface area contributed by atoms with E-state index >= 15 is 0 Å². The number of carbonyl (C=O) groups excluding carboxylic acids is 2. The molecule has 1 saturated heterocycles. The second-order valence-corrected chi connectivity index (χ2v) is 7.87. The number of aliphatic hydroxyl groups is 1. The minimum Gasteiger partial charge on any atom is -0.392 e. The number of aliphatic hydroxyl groups excluding tert-OH is 1. The van der Waals surface area contributed by atoms with Crippen molar-refractivity contribution < 1.29 is 19.4 Å². The Labute approximate surface area is 195 Å². The maximum Gasteiger partial charge on any atom is 0.274 e. The smallest absolute Gasteiger partial charge is 0.274 e. The van der Waals surface area contributed by atoms with Gasteiger partial charge in [-0.25, -0.2) is 4.98 Å². The van der Waals surface area contributed by atoms with E-state index in [9.17, 15) is 19.5 Å². The van der Waals surface area contributed by atoms with Gasteiger partial charge in [0.1, 0.15) is 11.5 Å². The highest BCUT2D eigenvalue weighted by atomic mass is 16.5. The maximum atomic E-state index is 12.7. The van der Waals surface area contributed by atoms with Crippen molar-refractivity contribution in [3.63, 3.8) is 0 Å². The fourth-order valence-electron chi connectivity index (χ4n) is 3.89. The quantitative estimate of drug-likeness (QED) is 0.500. The Hall–Kier alpha value is -4.02. The number of amides is 2. The Morgan fingerprint density at radius 1 is 1.21 bits per heavy atom. The van der Waals surface area contributed by atoms with Gasteiger partial charge in [0.05, 0.1) is 25.4 Å². The number of pyridine rings is 2. The van der Waals surface area contributed by atoms with Crippen LogP contribution in [0.5, 0.6) is 0 Å². The van der Waals surface area contributed by atoms with E-state index in [4.69, 9.17) is 10.5 Å². The standard InChI is InChI=1S/C24H25N5O5/c1-28-13-16(17-3-2-4-18(22(25)31)19(17)14-30)11-20(24(28)33)27-21-6-5-15(12-26-21)23(32)29-7-9-34-10-8-29/h2-6,11-13,30H,7-10,14H2,1H3,(H2,25,31)(H,26,27). The van der Waals surface area contributed by atoms with E-state index in [2.05, 4.69) is 10.3 Å². The summed E-state index contributed by atoms with van der Waals surface area (Å²) in [6.07, 6.45) is 3.08. The number of primary amides is 1. The maximum absolute atomic E-state index is 12.7. The number of nitrogens with zero attached hydrogens (tertiary/aromatic N) is 3. The lowest BCUT2D eigenvalue weighted by atomic mass is 9.96. The largest absolute Gasteiger partial charge is 0.392 e. The van der Waals surface area contributed by atoms with Gasteiger partial charge in [-0.05, 0) is 35.4 Å². The SMILES string of the molecule is Cn1cc(-c2cccc(C(N)=O)c2CO)cc(Nc2ccc(C(=O)N3CCOCC3)cn2)c1=O. The molecule has 2 aromatic heterocycles. The zero-order chi connectivity index (χ0) is 24.2. The summed E-state index contributed by atoms with van der Waals surface area (Å²) in [6, 6.07) is 9.86. The van der Waals surface area contributed by atoms with Crippen molar-refractivity contribution in [2.24, 2.45) is 12.8 Å². The number of aromatic nitrogens is 2. The summed E-state index contributed by atoms with van der Waals surface area (Å²) in [6.45, 7) is 1.71. The fraction of sp³-hybridized carbons (Fsp3) is 0.250. The molecule has 3 heterocycles. The van der Waals surface area contributed by atoms with E-state index in [0.29, 0.717) is 54.4 Å². The van der Waals surface area contributed by atoms with Crippen LogP contribution in [0.25, 0.3) is 11.1 Å². The molecule has 0 atom stereocenters. The van der Waals surface area contributed by atoms with E-state index in [1.165, 1.54) is 10.8 Å². The van der Waals surface area contributed by atoms with E-state index < -0.39 is 5.91 Å². The first-order valence-electron chi connectivity index (χ1n) is 10.7. The van der Waals surface area contributed by atoms with Crippen LogP contribution < -0.4 is 16.6 Å². The van der Waals surface area contributed by atoms with Crippen LogP contribution in [0.4, 0.5) is 11.5 Å². The molecule has 1 aliphatic rings. The average molecular weight is 463 g/mol. The Morgan fingerprint density at radius 2 is 1.97 bits per heavy atom. The van der Waals surface area contributed by atoms with Gasteiger partial charge < -0.3 is 30.4 Å². The summed E-state index contributed by atoms with van der Waals surface area (Å²) in [7, 11) is 1.60. The van der Waals surface area contributed by atoms with Crippen molar-refractivity contribution in [3.05, 3.63) is 75.8 Å². The molecule has 0 spiro atoms. The summed E-state index contributed by atoms with van der Waals surface area (Å²) in [5.74, 6) is -0.378. The first kappa shape index (κ1) is 23.1. The number of hydrogen-bond donors (Lipinski definition) is 3. The average Bonchev–Trinajstić information content (AvgIpc) is 2.86. The molecule has 4 rings (SSSR count). The van der Waals surface area contributed by atoms with Gasteiger partial charge in [-0.3, -0.25) is 14.4 Å². The molecule has 10 nitrogen and oxygen atoms in total. The second kappa shape index (κ2) is 9.86. The van der Waals surface area contributed by atoms with Gasteiger partial charge in [-0.1, -0.05) is 12.1 Å². The molecule has 1 aliphatic heterocycles. The number of rotatable bonds is 6. The van der Waals surface area contributed by atoms with Crippen molar-refractivity contribution in [2.45, 2.75) is 6.61 Å². The van der Waals surface area contributed by atoms with Crippen molar-refractivity contribution in [3.8, 4) is 11.1 Å². The summed E-state index contributed by atoms with van der Waals surface area (Å²) in [4.78, 5) is 43.1. The predicted molar refractivity (Wildman–Crippen MR) is 126 cm³/mol. The zero-order valence-electron chi connectivity index (χ0n) is 18.7. The number of hydrogen-bond acceptors (Lipinski definition) is 7. The van der Waals surface area contributed by atoms with Crippen LogP contribution in [0.15, 0.2) is 53.6 Å². The zero-order valence-corrected chi connectivity index (χ0v) is 18.7. The van der Waals surface area contributed by atoms with Crippen LogP contribution in [-0.4, -0.2) is 57.7 Å². The summed E-state index contributed by atoms with van der Waals surface area (Å²) in [5, 5.41) is 12.9. The highest BCUT2D eigenvalue weighted by molar-refractivity contribution is 5.96. The molecule has 1 fully saturated rings. The molecule has 0 saturated carbocycles. The molecule has 176 valence electrons. The molecule has 10 heteroatoms. The first-order chi connectivity index (χ1) is 16.4. The van der Waals surface area contributed by atoms with Crippen LogP contribution in [-0.2, 0) is 18.4 Å². The Kier molecular flexibility index (Phi) is 6.71. The minimum atomic E-state index is -0.648. The van der Waals surface area contributed by atoms with Crippen LogP contribution in [0.2, 0.25) is 0 Å². The predicted octanol–water partition coefficient (Wildman–Crippen LogP) is 1.25. The lowest BCUT2D eigenvalue weighted by Gasteiger charge is -2.26. The summed E-state index contributed by atoms with van der Waals surface area (Å²) >= 11 is 0. The molecular formula is C24H25N5O5. The third kappa shape index (κ3) is 4.68. The van der Waals surface area contributed by atoms with Crippen LogP contribution in [0.1, 0.15) is 26.3 Å². The Balaban J connectivity index is 1.63. The molecule has 2 amide bonds. The number of nitrogens with two attached hydrogens (primary N) is 1. The lowest BCUT2D eigenvalue weighted by Crippen LogP contribution is -2.40. The molecule has 4 N–H and O–H groups in total. The van der Waals surface area contributed by atoms with E-state index in [-0.39, 0.29) is 29.3 Å². The highest BCUT2D eigenvalue weighted by Gasteiger charge is 2.19. The van der Waals surface area contributed by atoms with Crippen molar-refractivity contribution >= 4 is 23.3 Å². The molecular weight excluding hydrogens is 438 g/mol. The van der Waals surface area contributed by atoms with Crippen molar-refractivity contribution in [2.75, 3.05) is 31.6 Å². The second-order valence-electron chi connectivity index (χ2n) is 7.87. The van der Waals surface area contributed by atoms with Gasteiger partial charge in [-0.15, -0.1) is 0 Å². The number of ether oxygens (including phenoxy) is 1. The molecule has 3 aromatic rings. The third-order valence-corrected chi connectivity index (χ3v) is 5.67. The van der Waals surface area contributed by atoms with Gasteiger partial charge in [0, 0.05) is 43.7 Å². The number of nitrogens with one attached hydrogen (secondary N) is 1. The molecule has 0 bridgehead atoms. The molecule has 0 unspecified atom stereocenters. The van der Waals surface area contributed by atoms with Crippen LogP contribution >= 0.6 is 0 Å².